The average molecular weight is 420 g/mol. The summed E-state index contributed by atoms with van der Waals surface area (Å²) in [6.45, 7) is 1.41. The Morgan fingerprint density at radius 3 is 2.79 bits per heavy atom. The monoisotopic (exact) mass is 420 g/mol. The van der Waals surface area contributed by atoms with Crippen molar-refractivity contribution in [1.29, 1.82) is 0 Å². The smallest absolute Gasteiger partial charge is 0.367 e. The van der Waals surface area contributed by atoms with Gasteiger partial charge < -0.3 is 25.2 Å². The highest BCUT2D eigenvalue weighted by Gasteiger charge is 2.53. The Bertz CT molecular complexity index is 1030. The number of aliphatic hydroxyl groups excluding tert-OH is 2. The molecule has 3 aromatic rings. The standard InChI is InChI=1S/C18H21N4O6P/c1-18(14-8-7-12-17(19)20-10-21-22(12)14)16(24)15(23)13(27-18)9-26-29(25)28-11-5-3-2-4-6-11/h2-8,10,13,15-16,23-24,29H,9H2,1H3,(H2,19,20,21)/t13-,15-,16-,18+/m1/s1. The number of rotatable bonds is 6. The molecule has 1 fully saturated rings. The molecule has 0 spiro atoms. The molecule has 0 radical (unpaired) electrons. The lowest BCUT2D eigenvalue weighted by Gasteiger charge is -2.27. The number of aliphatic hydroxyl groups is 2. The first-order chi connectivity index (χ1) is 13.9. The lowest BCUT2D eigenvalue weighted by molar-refractivity contribution is -0.0867. The van der Waals surface area contributed by atoms with E-state index in [2.05, 4.69) is 10.1 Å². The molecule has 4 N–H and O–H groups in total. The fourth-order valence-corrected chi connectivity index (χ4v) is 4.11. The van der Waals surface area contributed by atoms with Crippen LogP contribution < -0.4 is 10.3 Å². The van der Waals surface area contributed by atoms with Gasteiger partial charge >= 0.3 is 8.25 Å². The van der Waals surface area contributed by atoms with Crippen LogP contribution in [-0.2, 0) is 19.4 Å². The van der Waals surface area contributed by atoms with Crippen LogP contribution >= 0.6 is 8.25 Å². The van der Waals surface area contributed by atoms with Gasteiger partial charge in [-0.1, -0.05) is 18.2 Å². The van der Waals surface area contributed by atoms with Gasteiger partial charge in [0, 0.05) is 0 Å². The fraction of sp³-hybridized carbons (Fsp3) is 0.333. The molecule has 10 nitrogen and oxygen atoms in total. The van der Waals surface area contributed by atoms with E-state index >= 15 is 0 Å². The number of fused-ring (bicyclic) bond motifs is 1. The SMILES string of the molecule is C[C@@]1(c2ccc3c(N)ncnn23)O[C@H](CO[PH](=O)Oc2ccccc2)[C@@H](O)[C@H]1O. The van der Waals surface area contributed by atoms with E-state index in [9.17, 15) is 14.8 Å². The summed E-state index contributed by atoms with van der Waals surface area (Å²) in [6, 6.07) is 12.0. The van der Waals surface area contributed by atoms with Crippen molar-refractivity contribution in [3.63, 3.8) is 0 Å². The van der Waals surface area contributed by atoms with Crippen LogP contribution in [0.4, 0.5) is 5.82 Å². The first-order valence-electron chi connectivity index (χ1n) is 8.92. The van der Waals surface area contributed by atoms with Crippen molar-refractivity contribution in [2.24, 2.45) is 0 Å². The van der Waals surface area contributed by atoms with Gasteiger partial charge in [0.15, 0.2) is 5.82 Å². The Morgan fingerprint density at radius 1 is 1.28 bits per heavy atom. The quantitative estimate of drug-likeness (QED) is 0.500. The molecule has 1 aliphatic rings. The van der Waals surface area contributed by atoms with E-state index in [0.29, 0.717) is 17.0 Å². The third-order valence-electron chi connectivity index (χ3n) is 4.97. The summed E-state index contributed by atoms with van der Waals surface area (Å²) in [5, 5.41) is 25.3. The molecule has 1 saturated heterocycles. The molecule has 4 rings (SSSR count). The number of ether oxygens (including phenoxy) is 1. The number of hydrogen-bond donors (Lipinski definition) is 3. The summed E-state index contributed by atoms with van der Waals surface area (Å²) >= 11 is 0. The first kappa shape index (κ1) is 19.8. The molecule has 1 aliphatic heterocycles. The highest BCUT2D eigenvalue weighted by Crippen LogP contribution is 2.41. The number of nitrogens with zero attached hydrogens (tertiary/aromatic N) is 3. The van der Waals surface area contributed by atoms with Crippen molar-refractivity contribution in [2.45, 2.75) is 30.8 Å². The summed E-state index contributed by atoms with van der Waals surface area (Å²) in [6.07, 6.45) is -2.17. The molecule has 0 aliphatic carbocycles. The Morgan fingerprint density at radius 2 is 2.03 bits per heavy atom. The van der Waals surface area contributed by atoms with Crippen molar-refractivity contribution >= 4 is 19.6 Å². The third-order valence-corrected chi connectivity index (χ3v) is 5.77. The molecule has 3 heterocycles. The zero-order valence-corrected chi connectivity index (χ0v) is 16.5. The van der Waals surface area contributed by atoms with Crippen LogP contribution in [-0.4, -0.2) is 49.7 Å². The molecule has 1 unspecified atom stereocenters. The number of nitrogens with two attached hydrogens (primary N) is 1. The van der Waals surface area contributed by atoms with E-state index in [4.69, 9.17) is 19.5 Å². The second kappa shape index (κ2) is 7.74. The van der Waals surface area contributed by atoms with Gasteiger partial charge in [0.05, 0.1) is 12.3 Å². The van der Waals surface area contributed by atoms with E-state index in [0.717, 1.165) is 0 Å². The predicted molar refractivity (Wildman–Crippen MR) is 104 cm³/mol. The van der Waals surface area contributed by atoms with E-state index in [-0.39, 0.29) is 12.4 Å². The molecule has 0 amide bonds. The number of nitrogen functional groups attached to an aromatic ring is 1. The van der Waals surface area contributed by atoms with Crippen molar-refractivity contribution in [3.8, 4) is 5.75 Å². The van der Waals surface area contributed by atoms with Gasteiger partial charge in [-0.2, -0.15) is 5.10 Å². The Hall–Kier alpha value is -2.49. The van der Waals surface area contributed by atoms with Gasteiger partial charge in [0.1, 0.15) is 41.5 Å². The summed E-state index contributed by atoms with van der Waals surface area (Å²) in [5.41, 5.74) is 5.60. The minimum absolute atomic E-state index is 0.223. The lowest BCUT2D eigenvalue weighted by Crippen LogP contribution is -2.39. The Labute approximate surface area is 166 Å². The molecule has 0 saturated carbocycles. The third kappa shape index (κ3) is 3.61. The van der Waals surface area contributed by atoms with Gasteiger partial charge in [-0.3, -0.25) is 4.52 Å². The number of anilines is 1. The minimum atomic E-state index is -2.86. The molecule has 154 valence electrons. The van der Waals surface area contributed by atoms with Gasteiger partial charge in [-0.25, -0.2) is 14.1 Å². The molecule has 29 heavy (non-hydrogen) atoms. The second-order valence-corrected chi connectivity index (χ2v) is 7.83. The maximum Gasteiger partial charge on any atom is 0.367 e. The topological polar surface area (TPSA) is 141 Å². The first-order valence-corrected chi connectivity index (χ1v) is 10.1. The van der Waals surface area contributed by atoms with Gasteiger partial charge in [-0.15, -0.1) is 0 Å². The molecule has 0 bridgehead atoms. The van der Waals surface area contributed by atoms with Gasteiger partial charge in [0.25, 0.3) is 0 Å². The normalized spacial score (nSPS) is 27.9. The maximum atomic E-state index is 12.1. The highest BCUT2D eigenvalue weighted by molar-refractivity contribution is 7.33. The summed E-state index contributed by atoms with van der Waals surface area (Å²) in [7, 11) is -2.86. The van der Waals surface area contributed by atoms with Crippen molar-refractivity contribution in [3.05, 3.63) is 54.5 Å². The zero-order chi connectivity index (χ0) is 20.6. The average Bonchev–Trinajstić information content (AvgIpc) is 3.24. The molecular weight excluding hydrogens is 399 g/mol. The van der Waals surface area contributed by atoms with Crippen molar-refractivity contribution < 1.29 is 28.6 Å². The van der Waals surface area contributed by atoms with Gasteiger partial charge in [-0.05, 0) is 31.2 Å². The Kier molecular flexibility index (Phi) is 5.28. The van der Waals surface area contributed by atoms with Crippen molar-refractivity contribution in [2.75, 3.05) is 12.3 Å². The molecular formula is C18H21N4O6P. The summed E-state index contributed by atoms with van der Waals surface area (Å²) in [4.78, 5) is 3.93. The fourth-order valence-electron chi connectivity index (χ4n) is 3.42. The van der Waals surface area contributed by atoms with Crippen LogP contribution in [0.25, 0.3) is 5.52 Å². The Balaban J connectivity index is 1.48. The molecule has 1 aromatic carbocycles. The summed E-state index contributed by atoms with van der Waals surface area (Å²) < 4.78 is 30.0. The van der Waals surface area contributed by atoms with Gasteiger partial charge in [0.2, 0.25) is 0 Å². The number of benzene rings is 1. The van der Waals surface area contributed by atoms with E-state index in [1.54, 1.807) is 49.4 Å². The number of hydrogen-bond acceptors (Lipinski definition) is 9. The van der Waals surface area contributed by atoms with E-state index in [1.165, 1.54) is 10.8 Å². The molecule has 2 aromatic heterocycles. The van der Waals surface area contributed by atoms with Crippen molar-refractivity contribution in [1.82, 2.24) is 14.6 Å². The zero-order valence-electron chi connectivity index (χ0n) is 15.5. The predicted octanol–water partition coefficient (Wildman–Crippen LogP) is 1.13. The van der Waals surface area contributed by atoms with Crippen LogP contribution in [0, 0.1) is 0 Å². The van der Waals surface area contributed by atoms with Crippen LogP contribution in [0.5, 0.6) is 5.75 Å². The maximum absolute atomic E-state index is 12.1. The van der Waals surface area contributed by atoms with E-state index < -0.39 is 32.2 Å². The number of aromatic nitrogens is 3. The summed E-state index contributed by atoms with van der Waals surface area (Å²) in [5.74, 6) is 0.686. The molecule has 5 atom stereocenters. The second-order valence-electron chi connectivity index (χ2n) is 6.84. The van der Waals surface area contributed by atoms with Crippen LogP contribution in [0.2, 0.25) is 0 Å². The van der Waals surface area contributed by atoms with Crippen LogP contribution in [0.3, 0.4) is 0 Å². The molecule has 11 heteroatoms. The van der Waals surface area contributed by atoms with E-state index in [1.807, 2.05) is 0 Å². The van der Waals surface area contributed by atoms with Crippen LogP contribution in [0.15, 0.2) is 48.8 Å². The lowest BCUT2D eigenvalue weighted by atomic mass is 9.93. The number of para-hydroxylation sites is 1. The van der Waals surface area contributed by atoms with Crippen LogP contribution in [0.1, 0.15) is 12.6 Å². The highest BCUT2D eigenvalue weighted by atomic mass is 31.1. The minimum Gasteiger partial charge on any atom is -0.426 e. The largest absolute Gasteiger partial charge is 0.426 e.